The molecule has 2 heterocycles. The second-order valence-corrected chi connectivity index (χ2v) is 4.02. The molecular weight excluding hydrogens is 220 g/mol. The Kier molecular flexibility index (Phi) is 4.17. The van der Waals surface area contributed by atoms with E-state index in [4.69, 9.17) is 9.15 Å². The van der Waals surface area contributed by atoms with Crippen LogP contribution in [-0.2, 0) is 11.2 Å². The third-order valence-electron chi connectivity index (χ3n) is 2.79. The van der Waals surface area contributed by atoms with Crippen molar-refractivity contribution in [1.29, 1.82) is 0 Å². The monoisotopic (exact) mass is 238 g/mol. The molecule has 94 valence electrons. The van der Waals surface area contributed by atoms with Gasteiger partial charge >= 0.3 is 0 Å². The quantitative estimate of drug-likeness (QED) is 0.830. The van der Waals surface area contributed by atoms with E-state index in [1.807, 2.05) is 13.1 Å². The van der Waals surface area contributed by atoms with E-state index < -0.39 is 0 Å². The van der Waals surface area contributed by atoms with E-state index in [1.165, 1.54) is 0 Å². The van der Waals surface area contributed by atoms with Gasteiger partial charge in [-0.25, -0.2) is 0 Å². The summed E-state index contributed by atoms with van der Waals surface area (Å²) in [6, 6.07) is 3.62. The fourth-order valence-corrected chi connectivity index (χ4v) is 1.80. The van der Waals surface area contributed by atoms with Crippen LogP contribution in [0.4, 0.5) is 0 Å². The fraction of sp³-hybridized carbons (Fsp3) is 0.583. The molecule has 1 amide bonds. The normalized spacial score (nSPS) is 16.2. The molecule has 1 aromatic rings. The number of nitrogens with one attached hydrogen (secondary N) is 1. The highest BCUT2D eigenvalue weighted by atomic mass is 16.5. The minimum absolute atomic E-state index is 0.0380. The largest absolute Gasteiger partial charge is 0.456 e. The van der Waals surface area contributed by atoms with Crippen LogP contribution in [0.25, 0.3) is 0 Å². The fourth-order valence-electron chi connectivity index (χ4n) is 1.80. The molecule has 1 aliphatic rings. The van der Waals surface area contributed by atoms with Crippen LogP contribution in [0.5, 0.6) is 0 Å². The smallest absolute Gasteiger partial charge is 0.289 e. The van der Waals surface area contributed by atoms with Crippen molar-refractivity contribution in [1.82, 2.24) is 10.2 Å². The number of carbonyl (C=O) groups excluding carboxylic acids is 1. The first-order chi connectivity index (χ1) is 8.31. The predicted octanol–water partition coefficient (Wildman–Crippen LogP) is 0.514. The molecule has 0 bridgehead atoms. The number of carbonyl (C=O) groups is 1. The van der Waals surface area contributed by atoms with E-state index in [0.29, 0.717) is 32.1 Å². The van der Waals surface area contributed by atoms with Gasteiger partial charge in [-0.3, -0.25) is 4.79 Å². The highest BCUT2D eigenvalue weighted by Crippen LogP contribution is 2.12. The van der Waals surface area contributed by atoms with Crippen LogP contribution < -0.4 is 5.32 Å². The van der Waals surface area contributed by atoms with Crippen molar-refractivity contribution in [2.45, 2.75) is 6.42 Å². The van der Waals surface area contributed by atoms with Crippen molar-refractivity contribution in [2.24, 2.45) is 0 Å². The molecule has 1 aromatic heterocycles. The second kappa shape index (κ2) is 5.84. The summed E-state index contributed by atoms with van der Waals surface area (Å²) in [7, 11) is 1.89. The summed E-state index contributed by atoms with van der Waals surface area (Å²) in [6.45, 7) is 3.35. The average molecular weight is 238 g/mol. The summed E-state index contributed by atoms with van der Waals surface area (Å²) in [5.41, 5.74) is 0. The molecule has 2 rings (SSSR count). The maximum Gasteiger partial charge on any atom is 0.289 e. The SMILES string of the molecule is CNCCc1ccc(C(=O)N2CCOCC2)o1. The number of rotatable bonds is 4. The van der Waals surface area contributed by atoms with Crippen LogP contribution in [-0.4, -0.2) is 50.7 Å². The highest BCUT2D eigenvalue weighted by molar-refractivity contribution is 5.91. The molecule has 0 aromatic carbocycles. The van der Waals surface area contributed by atoms with Crippen molar-refractivity contribution in [2.75, 3.05) is 39.9 Å². The van der Waals surface area contributed by atoms with Gasteiger partial charge in [0.05, 0.1) is 13.2 Å². The van der Waals surface area contributed by atoms with E-state index >= 15 is 0 Å². The van der Waals surface area contributed by atoms with Crippen LogP contribution in [0.15, 0.2) is 16.5 Å². The number of likely N-dealkylation sites (N-methyl/N-ethyl adjacent to an activating group) is 1. The maximum absolute atomic E-state index is 12.0. The molecule has 0 radical (unpaired) electrons. The molecule has 0 unspecified atom stereocenters. The van der Waals surface area contributed by atoms with Crippen molar-refractivity contribution >= 4 is 5.91 Å². The highest BCUT2D eigenvalue weighted by Gasteiger charge is 2.21. The molecule has 17 heavy (non-hydrogen) atoms. The Morgan fingerprint density at radius 2 is 2.18 bits per heavy atom. The molecule has 1 fully saturated rings. The number of nitrogens with zero attached hydrogens (tertiary/aromatic N) is 1. The molecule has 1 N–H and O–H groups in total. The maximum atomic E-state index is 12.0. The zero-order valence-corrected chi connectivity index (χ0v) is 10.1. The summed E-state index contributed by atoms with van der Waals surface area (Å²) in [6.07, 6.45) is 0.799. The Labute approximate surface area is 101 Å². The number of hydrogen-bond donors (Lipinski definition) is 1. The summed E-state index contributed by atoms with van der Waals surface area (Å²) in [4.78, 5) is 13.8. The number of hydrogen-bond acceptors (Lipinski definition) is 4. The van der Waals surface area contributed by atoms with Crippen LogP contribution in [0.2, 0.25) is 0 Å². The number of morpholine rings is 1. The Balaban J connectivity index is 1.96. The van der Waals surface area contributed by atoms with Crippen molar-refractivity contribution in [3.05, 3.63) is 23.7 Å². The Hall–Kier alpha value is -1.33. The standard InChI is InChI=1S/C12H18N2O3/c1-13-5-4-10-2-3-11(17-10)12(15)14-6-8-16-9-7-14/h2-3,13H,4-9H2,1H3. The molecular formula is C12H18N2O3. The summed E-state index contributed by atoms with van der Waals surface area (Å²) < 4.78 is 10.7. The molecule has 0 aliphatic carbocycles. The van der Waals surface area contributed by atoms with Gasteiger partial charge < -0.3 is 19.4 Å². The molecule has 5 nitrogen and oxygen atoms in total. The molecule has 0 spiro atoms. The summed E-state index contributed by atoms with van der Waals surface area (Å²) in [5.74, 6) is 1.23. The van der Waals surface area contributed by atoms with Crippen LogP contribution in [0, 0.1) is 0 Å². The van der Waals surface area contributed by atoms with Gasteiger partial charge in [0.25, 0.3) is 5.91 Å². The Morgan fingerprint density at radius 3 is 2.88 bits per heavy atom. The lowest BCUT2D eigenvalue weighted by Gasteiger charge is -2.25. The average Bonchev–Trinajstić information content (AvgIpc) is 2.85. The van der Waals surface area contributed by atoms with Crippen molar-refractivity contribution < 1.29 is 13.9 Å². The van der Waals surface area contributed by atoms with Gasteiger partial charge in [0, 0.05) is 26.1 Å². The summed E-state index contributed by atoms with van der Waals surface area (Å²) >= 11 is 0. The second-order valence-electron chi connectivity index (χ2n) is 4.02. The molecule has 5 heteroatoms. The number of ether oxygens (including phenoxy) is 1. The van der Waals surface area contributed by atoms with E-state index in [1.54, 1.807) is 11.0 Å². The third kappa shape index (κ3) is 3.08. The zero-order chi connectivity index (χ0) is 12.1. The molecule has 0 atom stereocenters. The zero-order valence-electron chi connectivity index (χ0n) is 10.1. The van der Waals surface area contributed by atoms with Gasteiger partial charge in [0.1, 0.15) is 5.76 Å². The van der Waals surface area contributed by atoms with Gasteiger partial charge in [-0.15, -0.1) is 0 Å². The minimum Gasteiger partial charge on any atom is -0.456 e. The lowest BCUT2D eigenvalue weighted by Crippen LogP contribution is -2.40. The molecule has 1 saturated heterocycles. The van der Waals surface area contributed by atoms with E-state index in [0.717, 1.165) is 18.7 Å². The number of amides is 1. The first-order valence-corrected chi connectivity index (χ1v) is 5.91. The number of furan rings is 1. The topological polar surface area (TPSA) is 54.7 Å². The Morgan fingerprint density at radius 1 is 1.41 bits per heavy atom. The van der Waals surface area contributed by atoms with Crippen LogP contribution >= 0.6 is 0 Å². The first-order valence-electron chi connectivity index (χ1n) is 5.91. The lowest BCUT2D eigenvalue weighted by molar-refractivity contribution is 0.0282. The summed E-state index contributed by atoms with van der Waals surface area (Å²) in [5, 5.41) is 3.05. The van der Waals surface area contributed by atoms with Crippen LogP contribution in [0.1, 0.15) is 16.3 Å². The minimum atomic E-state index is -0.0380. The lowest BCUT2D eigenvalue weighted by atomic mass is 10.3. The molecule has 1 aliphatic heterocycles. The van der Waals surface area contributed by atoms with Gasteiger partial charge in [0.15, 0.2) is 5.76 Å². The molecule has 0 saturated carbocycles. The van der Waals surface area contributed by atoms with Crippen molar-refractivity contribution in [3.8, 4) is 0 Å². The predicted molar refractivity (Wildman–Crippen MR) is 63.1 cm³/mol. The first kappa shape index (κ1) is 12.1. The van der Waals surface area contributed by atoms with E-state index in [9.17, 15) is 4.79 Å². The van der Waals surface area contributed by atoms with Crippen molar-refractivity contribution in [3.63, 3.8) is 0 Å². The van der Waals surface area contributed by atoms with E-state index in [-0.39, 0.29) is 5.91 Å². The van der Waals surface area contributed by atoms with Gasteiger partial charge in [-0.05, 0) is 19.2 Å². The third-order valence-corrected chi connectivity index (χ3v) is 2.79. The Bertz CT molecular complexity index is 370. The van der Waals surface area contributed by atoms with Crippen LogP contribution in [0.3, 0.4) is 0 Å². The van der Waals surface area contributed by atoms with E-state index in [2.05, 4.69) is 5.32 Å². The van der Waals surface area contributed by atoms with Gasteiger partial charge in [-0.2, -0.15) is 0 Å². The van der Waals surface area contributed by atoms with Gasteiger partial charge in [-0.1, -0.05) is 0 Å². The van der Waals surface area contributed by atoms with Gasteiger partial charge in [0.2, 0.25) is 0 Å².